The van der Waals surface area contributed by atoms with Crippen molar-refractivity contribution >= 4 is 17.4 Å². The predicted molar refractivity (Wildman–Crippen MR) is 116 cm³/mol. The molecule has 4 nitrogen and oxygen atoms in total. The first-order valence-electron chi connectivity index (χ1n) is 11.2. The van der Waals surface area contributed by atoms with Gasteiger partial charge in [-0.05, 0) is 55.9 Å². The van der Waals surface area contributed by atoms with E-state index in [1.165, 1.54) is 44.9 Å². The number of nitrogens with zero attached hydrogens (tertiary/aromatic N) is 2. The molecule has 0 aromatic heterocycles. The zero-order valence-electron chi connectivity index (χ0n) is 17.7. The van der Waals surface area contributed by atoms with Crippen molar-refractivity contribution in [2.24, 2.45) is 22.4 Å². The second kappa shape index (κ2) is 7.88. The summed E-state index contributed by atoms with van der Waals surface area (Å²) in [5.74, 6) is 1.20. The fourth-order valence-corrected chi connectivity index (χ4v) is 5.31. The highest BCUT2D eigenvalue weighted by Gasteiger charge is 2.36. The third-order valence-corrected chi connectivity index (χ3v) is 7.13. The first-order chi connectivity index (χ1) is 13.4. The molecule has 1 N–H and O–H groups in total. The molecule has 3 aliphatic rings. The van der Waals surface area contributed by atoms with Crippen LogP contribution in [0.4, 0.5) is 10.5 Å². The van der Waals surface area contributed by atoms with E-state index in [9.17, 15) is 4.79 Å². The van der Waals surface area contributed by atoms with E-state index in [0.29, 0.717) is 11.3 Å². The molecule has 0 saturated heterocycles. The Kier molecular flexibility index (Phi) is 5.48. The minimum absolute atomic E-state index is 0.0579. The Morgan fingerprint density at radius 3 is 2.32 bits per heavy atom. The van der Waals surface area contributed by atoms with E-state index >= 15 is 0 Å². The van der Waals surface area contributed by atoms with E-state index in [1.807, 2.05) is 17.1 Å². The molecule has 0 spiro atoms. The first kappa shape index (κ1) is 19.5. The number of carbonyl (C=O) groups excluding carboxylic acids is 1. The average Bonchev–Trinajstić information content (AvgIpc) is 2.84. The van der Waals surface area contributed by atoms with Crippen LogP contribution in [0.25, 0.3) is 0 Å². The highest BCUT2D eigenvalue weighted by Crippen LogP contribution is 2.40. The maximum atomic E-state index is 13.1. The number of hydrazone groups is 1. The van der Waals surface area contributed by atoms with Crippen molar-refractivity contribution in [3.05, 3.63) is 29.8 Å². The number of nitrogens with one attached hydrogen (secondary N) is 1. The lowest BCUT2D eigenvalue weighted by Gasteiger charge is -2.39. The van der Waals surface area contributed by atoms with Gasteiger partial charge in [0.25, 0.3) is 0 Å². The van der Waals surface area contributed by atoms with Crippen molar-refractivity contribution in [1.29, 1.82) is 0 Å². The van der Waals surface area contributed by atoms with E-state index in [2.05, 4.69) is 38.2 Å². The Morgan fingerprint density at radius 1 is 0.964 bits per heavy atom. The molecule has 0 bridgehead atoms. The molecule has 1 aliphatic heterocycles. The summed E-state index contributed by atoms with van der Waals surface area (Å²) in [5, 5.41) is 10.0. The lowest BCUT2D eigenvalue weighted by atomic mass is 9.71. The molecule has 2 saturated carbocycles. The monoisotopic (exact) mass is 381 g/mol. The van der Waals surface area contributed by atoms with Gasteiger partial charge in [-0.25, -0.2) is 9.80 Å². The minimum Gasteiger partial charge on any atom is -0.306 e. The summed E-state index contributed by atoms with van der Waals surface area (Å²) in [6.45, 7) is 7.02. The normalized spacial score (nSPS) is 26.9. The van der Waals surface area contributed by atoms with E-state index in [-0.39, 0.29) is 12.1 Å². The Bertz CT molecular complexity index is 734. The predicted octanol–water partition coefficient (Wildman–Crippen LogP) is 6.42. The van der Waals surface area contributed by atoms with Crippen LogP contribution < -0.4 is 5.32 Å². The Morgan fingerprint density at radius 2 is 1.64 bits per heavy atom. The number of benzene rings is 1. The fraction of sp³-hybridized carbons (Fsp3) is 0.667. The summed E-state index contributed by atoms with van der Waals surface area (Å²) in [4.78, 5) is 13.1. The van der Waals surface area contributed by atoms with Gasteiger partial charge in [-0.15, -0.1) is 0 Å². The lowest BCUT2D eigenvalue weighted by molar-refractivity contribution is 0.114. The summed E-state index contributed by atoms with van der Waals surface area (Å²) in [5.41, 5.74) is 3.52. The number of anilines is 1. The van der Waals surface area contributed by atoms with Crippen LogP contribution in [0.2, 0.25) is 0 Å². The molecular weight excluding hydrogens is 346 g/mol. The van der Waals surface area contributed by atoms with Gasteiger partial charge in [-0.3, -0.25) is 0 Å². The van der Waals surface area contributed by atoms with E-state index < -0.39 is 0 Å². The van der Waals surface area contributed by atoms with Crippen molar-refractivity contribution in [3.8, 4) is 0 Å². The summed E-state index contributed by atoms with van der Waals surface area (Å²) in [6, 6.07) is 8.37. The van der Waals surface area contributed by atoms with Gasteiger partial charge in [0, 0.05) is 11.5 Å². The fourth-order valence-electron chi connectivity index (χ4n) is 5.31. The molecule has 2 fully saturated rings. The Hall–Kier alpha value is -1.84. The largest absolute Gasteiger partial charge is 0.342 e. The maximum Gasteiger partial charge on any atom is 0.342 e. The molecule has 1 heterocycles. The van der Waals surface area contributed by atoms with Crippen LogP contribution in [0.15, 0.2) is 29.4 Å². The van der Waals surface area contributed by atoms with Crippen molar-refractivity contribution in [3.63, 3.8) is 0 Å². The average molecular weight is 382 g/mol. The molecule has 1 aromatic carbocycles. The Balaban J connectivity index is 1.62. The smallest absolute Gasteiger partial charge is 0.306 e. The van der Waals surface area contributed by atoms with Crippen LogP contribution in [-0.2, 0) is 0 Å². The van der Waals surface area contributed by atoms with Gasteiger partial charge in [-0.2, -0.15) is 5.10 Å². The first-order valence-corrected chi connectivity index (χ1v) is 11.2. The van der Waals surface area contributed by atoms with Crippen molar-refractivity contribution in [2.45, 2.75) is 84.6 Å². The molecule has 28 heavy (non-hydrogen) atoms. The summed E-state index contributed by atoms with van der Waals surface area (Å²) in [7, 11) is 0. The zero-order chi connectivity index (χ0) is 19.7. The molecule has 0 radical (unpaired) electrons. The molecule has 2 amide bonds. The van der Waals surface area contributed by atoms with Crippen LogP contribution >= 0.6 is 0 Å². The summed E-state index contributed by atoms with van der Waals surface area (Å²) >= 11 is 0. The molecule has 4 rings (SSSR count). The summed E-state index contributed by atoms with van der Waals surface area (Å²) in [6.07, 6.45) is 10.7. The molecule has 2 aliphatic carbocycles. The second-order valence-electron chi connectivity index (χ2n) is 10.0. The highest BCUT2D eigenvalue weighted by molar-refractivity contribution is 6.10. The third kappa shape index (κ3) is 3.97. The van der Waals surface area contributed by atoms with Crippen LogP contribution in [0, 0.1) is 17.3 Å². The van der Waals surface area contributed by atoms with Crippen LogP contribution in [0.1, 0.15) is 84.1 Å². The zero-order valence-corrected chi connectivity index (χ0v) is 17.7. The van der Waals surface area contributed by atoms with Gasteiger partial charge < -0.3 is 5.32 Å². The molecule has 152 valence electrons. The van der Waals surface area contributed by atoms with Crippen molar-refractivity contribution in [2.75, 3.05) is 5.32 Å². The summed E-state index contributed by atoms with van der Waals surface area (Å²) < 4.78 is 0. The number of hydrogen-bond donors (Lipinski definition) is 1. The number of carbonyl (C=O) groups is 1. The maximum absolute atomic E-state index is 13.1. The number of rotatable bonds is 2. The SMILES string of the molecule is CC(C)(C)C1CCC(N2N=C(C3CCCCC3)c3ccccc3NC2=O)CC1. The third-order valence-electron chi connectivity index (χ3n) is 7.13. The Labute approximate surface area is 169 Å². The molecule has 0 unspecified atom stereocenters. The van der Waals surface area contributed by atoms with Crippen LogP contribution in [0.3, 0.4) is 0 Å². The molecule has 4 heteroatoms. The quantitative estimate of drug-likeness (QED) is 0.631. The van der Waals surface area contributed by atoms with Crippen LogP contribution in [0.5, 0.6) is 0 Å². The standard InChI is InChI=1S/C24H35N3O/c1-24(2,3)18-13-15-19(16-14-18)27-23(28)25-21-12-8-7-11-20(21)22(26-27)17-9-5-4-6-10-17/h7-8,11-12,17-19H,4-6,9-10,13-16H2,1-3H3,(H,25,28). The minimum atomic E-state index is -0.0579. The molecular formula is C24H35N3O. The number of hydrogen-bond acceptors (Lipinski definition) is 2. The number of amides is 2. The van der Waals surface area contributed by atoms with E-state index in [0.717, 1.165) is 35.7 Å². The van der Waals surface area contributed by atoms with E-state index in [1.54, 1.807) is 0 Å². The van der Waals surface area contributed by atoms with Gasteiger partial charge in [0.2, 0.25) is 0 Å². The highest BCUT2D eigenvalue weighted by atomic mass is 16.2. The number of para-hydroxylation sites is 1. The van der Waals surface area contributed by atoms with E-state index in [4.69, 9.17) is 5.10 Å². The topological polar surface area (TPSA) is 44.7 Å². The molecule has 0 atom stereocenters. The lowest BCUT2D eigenvalue weighted by Crippen LogP contribution is -2.42. The van der Waals surface area contributed by atoms with Crippen LogP contribution in [-0.4, -0.2) is 22.8 Å². The number of urea groups is 1. The van der Waals surface area contributed by atoms with Gasteiger partial charge in [0.05, 0.1) is 17.4 Å². The van der Waals surface area contributed by atoms with Gasteiger partial charge >= 0.3 is 6.03 Å². The van der Waals surface area contributed by atoms with Gasteiger partial charge in [0.15, 0.2) is 0 Å². The van der Waals surface area contributed by atoms with Crippen molar-refractivity contribution < 1.29 is 4.79 Å². The van der Waals surface area contributed by atoms with Gasteiger partial charge in [-0.1, -0.05) is 58.2 Å². The van der Waals surface area contributed by atoms with Gasteiger partial charge in [0.1, 0.15) is 0 Å². The molecule has 1 aromatic rings. The number of fused-ring (bicyclic) bond motifs is 1. The van der Waals surface area contributed by atoms with Crippen molar-refractivity contribution in [1.82, 2.24) is 5.01 Å². The second-order valence-corrected chi connectivity index (χ2v) is 10.0.